The summed E-state index contributed by atoms with van der Waals surface area (Å²) in [6.45, 7) is 7.92. The molecule has 112 valence electrons. The Hall–Kier alpha value is -0.650. The van der Waals surface area contributed by atoms with Gasteiger partial charge in [-0.25, -0.2) is 0 Å². The minimum Gasteiger partial charge on any atom is -0.468 e. The normalized spacial score (nSPS) is 26.9. The third-order valence-electron chi connectivity index (χ3n) is 3.45. The van der Waals surface area contributed by atoms with Crippen LogP contribution in [0.25, 0.3) is 0 Å². The molecule has 1 N–H and O–H groups in total. The fourth-order valence-corrected chi connectivity index (χ4v) is 2.59. The zero-order chi connectivity index (χ0) is 14.3. The fourth-order valence-electron chi connectivity index (χ4n) is 2.59. The summed E-state index contributed by atoms with van der Waals surface area (Å²) in [6, 6.07) is 0. The summed E-state index contributed by atoms with van der Waals surface area (Å²) in [5.74, 6) is -0.182. The van der Waals surface area contributed by atoms with Crippen molar-refractivity contribution in [3.8, 4) is 0 Å². The van der Waals surface area contributed by atoms with Crippen molar-refractivity contribution in [2.45, 2.75) is 57.8 Å². The highest BCUT2D eigenvalue weighted by atomic mass is 16.5. The van der Waals surface area contributed by atoms with Crippen LogP contribution in [0.4, 0.5) is 0 Å². The van der Waals surface area contributed by atoms with Crippen LogP contribution in [-0.4, -0.2) is 50.6 Å². The highest BCUT2D eigenvalue weighted by molar-refractivity contribution is 5.81. The van der Waals surface area contributed by atoms with Gasteiger partial charge in [0.2, 0.25) is 0 Å². The zero-order valence-corrected chi connectivity index (χ0v) is 12.5. The maximum absolute atomic E-state index is 11.9. The number of ether oxygens (including phenoxy) is 3. The molecule has 0 radical (unpaired) electrons. The van der Waals surface area contributed by atoms with E-state index in [1.807, 2.05) is 20.8 Å². The number of nitrogens with one attached hydrogen (secondary N) is 1. The predicted molar refractivity (Wildman–Crippen MR) is 73.1 cm³/mol. The van der Waals surface area contributed by atoms with Crippen LogP contribution in [0.2, 0.25) is 0 Å². The van der Waals surface area contributed by atoms with Crippen LogP contribution in [0.15, 0.2) is 0 Å². The first-order valence-electron chi connectivity index (χ1n) is 7.10. The third-order valence-corrected chi connectivity index (χ3v) is 3.45. The van der Waals surface area contributed by atoms with Gasteiger partial charge in [-0.1, -0.05) is 6.92 Å². The summed E-state index contributed by atoms with van der Waals surface area (Å²) in [7, 11) is 1.44. The molecule has 0 aliphatic heterocycles. The quantitative estimate of drug-likeness (QED) is 0.536. The summed E-state index contributed by atoms with van der Waals surface area (Å²) in [5, 5.41) is 3.26. The van der Waals surface area contributed by atoms with Gasteiger partial charge in [0.15, 0.2) is 0 Å². The third kappa shape index (κ3) is 4.75. The maximum atomic E-state index is 11.9. The maximum Gasteiger partial charge on any atom is 0.326 e. The molecule has 0 aromatic carbocycles. The standard InChI is InChI=1S/C14H27NO4/c1-5-15-14(13(16)17-4)7-6-12(10-14)19-9-8-18-11(2)3/h11-12,15H,5-10H2,1-4H3. The highest BCUT2D eigenvalue weighted by Gasteiger charge is 2.46. The van der Waals surface area contributed by atoms with Crippen LogP contribution in [0.1, 0.15) is 40.0 Å². The van der Waals surface area contributed by atoms with E-state index in [1.165, 1.54) is 7.11 Å². The van der Waals surface area contributed by atoms with Crippen molar-refractivity contribution in [2.75, 3.05) is 26.9 Å². The summed E-state index contributed by atoms with van der Waals surface area (Å²) in [6.07, 6.45) is 2.65. The molecule has 1 aliphatic carbocycles. The van der Waals surface area contributed by atoms with Gasteiger partial charge >= 0.3 is 5.97 Å². The molecule has 5 heteroatoms. The van der Waals surface area contributed by atoms with Gasteiger partial charge in [-0.15, -0.1) is 0 Å². The number of rotatable bonds is 8. The van der Waals surface area contributed by atoms with E-state index >= 15 is 0 Å². The number of carbonyl (C=O) groups excluding carboxylic acids is 1. The molecule has 1 aliphatic rings. The van der Waals surface area contributed by atoms with E-state index in [-0.39, 0.29) is 18.2 Å². The first kappa shape index (κ1) is 16.4. The molecular weight excluding hydrogens is 246 g/mol. The first-order chi connectivity index (χ1) is 9.04. The molecule has 0 aromatic heterocycles. The average Bonchev–Trinajstić information content (AvgIpc) is 2.78. The van der Waals surface area contributed by atoms with Crippen molar-refractivity contribution >= 4 is 5.97 Å². The van der Waals surface area contributed by atoms with Gasteiger partial charge in [0.1, 0.15) is 5.54 Å². The second-order valence-electron chi connectivity index (χ2n) is 5.26. The second kappa shape index (κ2) is 7.82. The minimum atomic E-state index is -0.562. The Bertz CT molecular complexity index is 283. The Balaban J connectivity index is 2.39. The van der Waals surface area contributed by atoms with E-state index < -0.39 is 5.54 Å². The van der Waals surface area contributed by atoms with Crippen LogP contribution in [0, 0.1) is 0 Å². The van der Waals surface area contributed by atoms with E-state index in [9.17, 15) is 4.79 Å². The van der Waals surface area contributed by atoms with Gasteiger partial charge in [-0.2, -0.15) is 0 Å². The van der Waals surface area contributed by atoms with Crippen molar-refractivity contribution < 1.29 is 19.0 Å². The van der Waals surface area contributed by atoms with E-state index in [4.69, 9.17) is 14.2 Å². The molecule has 2 unspecified atom stereocenters. The van der Waals surface area contributed by atoms with E-state index in [0.717, 1.165) is 19.4 Å². The van der Waals surface area contributed by atoms with Crippen LogP contribution in [0.3, 0.4) is 0 Å². The molecule has 0 bridgehead atoms. The predicted octanol–water partition coefficient (Wildman–Crippen LogP) is 1.50. The lowest BCUT2D eigenvalue weighted by Gasteiger charge is -2.27. The molecule has 5 nitrogen and oxygen atoms in total. The van der Waals surface area contributed by atoms with Crippen molar-refractivity contribution in [3.05, 3.63) is 0 Å². The minimum absolute atomic E-state index is 0.105. The molecule has 0 saturated heterocycles. The summed E-state index contributed by atoms with van der Waals surface area (Å²) in [4.78, 5) is 11.9. The molecule has 1 rings (SSSR count). The lowest BCUT2D eigenvalue weighted by Crippen LogP contribution is -2.51. The number of carbonyl (C=O) groups is 1. The van der Waals surface area contributed by atoms with E-state index in [2.05, 4.69) is 5.32 Å². The fraction of sp³-hybridized carbons (Fsp3) is 0.929. The highest BCUT2D eigenvalue weighted by Crippen LogP contribution is 2.33. The summed E-state index contributed by atoms with van der Waals surface area (Å²) < 4.78 is 16.1. The molecular formula is C14H27NO4. The second-order valence-corrected chi connectivity index (χ2v) is 5.26. The summed E-state index contributed by atoms with van der Waals surface area (Å²) >= 11 is 0. The zero-order valence-electron chi connectivity index (χ0n) is 12.5. The average molecular weight is 273 g/mol. The lowest BCUT2D eigenvalue weighted by atomic mass is 9.97. The molecule has 0 heterocycles. The molecule has 2 atom stereocenters. The van der Waals surface area contributed by atoms with Crippen LogP contribution < -0.4 is 5.32 Å². The van der Waals surface area contributed by atoms with Crippen molar-refractivity contribution in [2.24, 2.45) is 0 Å². The Morgan fingerprint density at radius 3 is 2.74 bits per heavy atom. The van der Waals surface area contributed by atoms with Crippen molar-refractivity contribution in [1.82, 2.24) is 5.32 Å². The molecule has 1 fully saturated rings. The van der Waals surface area contributed by atoms with Crippen LogP contribution in [-0.2, 0) is 19.0 Å². The van der Waals surface area contributed by atoms with Crippen LogP contribution >= 0.6 is 0 Å². The Kier molecular flexibility index (Phi) is 6.75. The van der Waals surface area contributed by atoms with E-state index in [0.29, 0.717) is 19.6 Å². The Morgan fingerprint density at radius 2 is 2.16 bits per heavy atom. The number of esters is 1. The Labute approximate surface area is 116 Å². The lowest BCUT2D eigenvalue weighted by molar-refractivity contribution is -0.148. The summed E-state index contributed by atoms with van der Waals surface area (Å²) in [5.41, 5.74) is -0.562. The first-order valence-corrected chi connectivity index (χ1v) is 7.10. The number of hydrogen-bond acceptors (Lipinski definition) is 5. The molecule has 0 amide bonds. The van der Waals surface area contributed by atoms with Gasteiger partial charge in [0, 0.05) is 6.42 Å². The van der Waals surface area contributed by atoms with Crippen molar-refractivity contribution in [3.63, 3.8) is 0 Å². The monoisotopic (exact) mass is 273 g/mol. The van der Waals surface area contributed by atoms with Gasteiger partial charge in [-0.3, -0.25) is 4.79 Å². The molecule has 0 aromatic rings. The van der Waals surface area contributed by atoms with Gasteiger partial charge in [0.25, 0.3) is 0 Å². The van der Waals surface area contributed by atoms with Gasteiger partial charge < -0.3 is 19.5 Å². The van der Waals surface area contributed by atoms with Crippen molar-refractivity contribution in [1.29, 1.82) is 0 Å². The van der Waals surface area contributed by atoms with Gasteiger partial charge in [-0.05, 0) is 33.2 Å². The molecule has 1 saturated carbocycles. The van der Waals surface area contributed by atoms with Crippen LogP contribution in [0.5, 0.6) is 0 Å². The molecule has 0 spiro atoms. The number of likely N-dealkylation sites (N-methyl/N-ethyl adjacent to an activating group) is 1. The molecule has 19 heavy (non-hydrogen) atoms. The number of methoxy groups -OCH3 is 1. The topological polar surface area (TPSA) is 56.8 Å². The largest absolute Gasteiger partial charge is 0.468 e. The number of hydrogen-bond donors (Lipinski definition) is 1. The smallest absolute Gasteiger partial charge is 0.326 e. The van der Waals surface area contributed by atoms with E-state index in [1.54, 1.807) is 0 Å². The Morgan fingerprint density at radius 1 is 1.42 bits per heavy atom. The van der Waals surface area contributed by atoms with Gasteiger partial charge in [0.05, 0.1) is 32.5 Å². The SMILES string of the molecule is CCNC1(C(=O)OC)CCC(OCCOC(C)C)C1.